The standard InChI is InChI=1S/C24H28N4O2S/c1-16-14-19(15-26-17(16)2)27-22(29)24(10-3-11-24)28(23(27)31)18-4-6-20(7-5-18)30-21-8-12-25-13-9-21/h4-7,14-15,21,25H,3,8-13H2,1-2H3. The quantitative estimate of drug-likeness (QED) is 0.734. The Labute approximate surface area is 188 Å². The first-order valence-corrected chi connectivity index (χ1v) is 11.5. The van der Waals surface area contributed by atoms with E-state index in [4.69, 9.17) is 17.0 Å². The second-order valence-electron chi connectivity index (χ2n) is 8.80. The van der Waals surface area contributed by atoms with Gasteiger partial charge in [0.1, 0.15) is 17.4 Å². The number of carbonyl (C=O) groups excluding carboxylic acids is 1. The van der Waals surface area contributed by atoms with Crippen molar-refractivity contribution in [2.24, 2.45) is 0 Å². The SMILES string of the molecule is Cc1cc(N2C(=O)C3(CCC3)N(c3ccc(OC4CCNCC4)cc3)C2=S)cnc1C. The highest BCUT2D eigenvalue weighted by molar-refractivity contribution is 7.81. The number of nitrogens with zero attached hydrogens (tertiary/aromatic N) is 3. The Kier molecular flexibility index (Phi) is 5.18. The minimum absolute atomic E-state index is 0.0591. The van der Waals surface area contributed by atoms with Crippen molar-refractivity contribution in [2.45, 2.75) is 57.6 Å². The van der Waals surface area contributed by atoms with Gasteiger partial charge >= 0.3 is 0 Å². The number of aryl methyl sites for hydroxylation is 2. The van der Waals surface area contributed by atoms with Gasteiger partial charge in [0, 0.05) is 11.4 Å². The summed E-state index contributed by atoms with van der Waals surface area (Å²) in [5.41, 5.74) is 3.12. The largest absolute Gasteiger partial charge is 0.490 e. The number of carbonyl (C=O) groups is 1. The van der Waals surface area contributed by atoms with Gasteiger partial charge in [-0.05, 0) is 107 Å². The molecule has 2 aliphatic heterocycles. The van der Waals surface area contributed by atoms with Crippen LogP contribution in [0.25, 0.3) is 0 Å². The molecule has 7 heteroatoms. The van der Waals surface area contributed by atoms with Crippen LogP contribution in [0.15, 0.2) is 36.5 Å². The molecule has 162 valence electrons. The zero-order valence-electron chi connectivity index (χ0n) is 18.1. The molecule has 1 aliphatic carbocycles. The lowest BCUT2D eigenvalue weighted by molar-refractivity contribution is -0.123. The van der Waals surface area contributed by atoms with Gasteiger partial charge in [-0.3, -0.25) is 14.7 Å². The number of aromatic nitrogens is 1. The Morgan fingerprint density at radius 2 is 1.84 bits per heavy atom. The number of thiocarbonyl (C=S) groups is 1. The highest BCUT2D eigenvalue weighted by atomic mass is 32.1. The van der Waals surface area contributed by atoms with E-state index in [0.29, 0.717) is 5.11 Å². The van der Waals surface area contributed by atoms with Crippen molar-refractivity contribution in [1.29, 1.82) is 0 Å². The fourth-order valence-corrected chi connectivity index (χ4v) is 5.21. The maximum absolute atomic E-state index is 13.6. The molecule has 2 aromatic rings. The van der Waals surface area contributed by atoms with Gasteiger partial charge in [0.05, 0.1) is 11.9 Å². The summed E-state index contributed by atoms with van der Waals surface area (Å²) in [6.45, 7) is 5.97. The van der Waals surface area contributed by atoms with E-state index in [2.05, 4.69) is 15.2 Å². The van der Waals surface area contributed by atoms with Crippen LogP contribution in [0.1, 0.15) is 43.4 Å². The van der Waals surface area contributed by atoms with Gasteiger partial charge in [-0.1, -0.05) is 0 Å². The summed E-state index contributed by atoms with van der Waals surface area (Å²) in [6, 6.07) is 10.0. The zero-order valence-corrected chi connectivity index (χ0v) is 18.9. The molecule has 0 bridgehead atoms. The first kappa shape index (κ1) is 20.4. The average molecular weight is 437 g/mol. The third-order valence-corrected chi connectivity index (χ3v) is 7.23. The van der Waals surface area contributed by atoms with Crippen LogP contribution in [-0.4, -0.2) is 40.7 Å². The fraction of sp³-hybridized carbons (Fsp3) is 0.458. The van der Waals surface area contributed by atoms with Crippen LogP contribution in [0.2, 0.25) is 0 Å². The van der Waals surface area contributed by atoms with Gasteiger partial charge in [-0.25, -0.2) is 0 Å². The second kappa shape index (κ2) is 7.88. The normalized spacial score (nSPS) is 21.0. The average Bonchev–Trinajstić information content (AvgIpc) is 2.98. The van der Waals surface area contributed by atoms with Gasteiger partial charge in [0.25, 0.3) is 5.91 Å². The summed E-state index contributed by atoms with van der Waals surface area (Å²) < 4.78 is 6.15. The molecule has 31 heavy (non-hydrogen) atoms. The van der Waals surface area contributed by atoms with Crippen molar-refractivity contribution in [3.8, 4) is 5.75 Å². The second-order valence-corrected chi connectivity index (χ2v) is 9.17. The number of nitrogens with one attached hydrogen (secondary N) is 1. The molecule has 1 spiro atoms. The van der Waals surface area contributed by atoms with Crippen molar-refractivity contribution in [1.82, 2.24) is 10.3 Å². The molecule has 1 aromatic heterocycles. The number of anilines is 2. The van der Waals surface area contributed by atoms with Crippen molar-refractivity contribution < 1.29 is 9.53 Å². The molecule has 1 aromatic carbocycles. The van der Waals surface area contributed by atoms with Crippen molar-refractivity contribution in [2.75, 3.05) is 22.9 Å². The topological polar surface area (TPSA) is 57.7 Å². The number of amides is 1. The maximum Gasteiger partial charge on any atom is 0.259 e. The first-order chi connectivity index (χ1) is 15.0. The lowest BCUT2D eigenvalue weighted by Crippen LogP contribution is -2.55. The Morgan fingerprint density at radius 1 is 1.13 bits per heavy atom. The monoisotopic (exact) mass is 436 g/mol. The zero-order chi connectivity index (χ0) is 21.6. The van der Waals surface area contributed by atoms with E-state index in [1.54, 1.807) is 11.1 Å². The van der Waals surface area contributed by atoms with Crippen molar-refractivity contribution in [3.05, 3.63) is 47.8 Å². The number of hydrogen-bond donors (Lipinski definition) is 1. The summed E-state index contributed by atoms with van der Waals surface area (Å²) in [7, 11) is 0. The maximum atomic E-state index is 13.6. The lowest BCUT2D eigenvalue weighted by atomic mass is 9.75. The van der Waals surface area contributed by atoms with Crippen LogP contribution in [0.3, 0.4) is 0 Å². The molecule has 0 unspecified atom stereocenters. The van der Waals surface area contributed by atoms with E-state index in [9.17, 15) is 4.79 Å². The minimum Gasteiger partial charge on any atom is -0.490 e. The lowest BCUT2D eigenvalue weighted by Gasteiger charge is -2.43. The predicted octanol–water partition coefficient (Wildman–Crippen LogP) is 3.89. The molecule has 3 aliphatic rings. The Morgan fingerprint density at radius 3 is 2.45 bits per heavy atom. The number of benzene rings is 1. The minimum atomic E-state index is -0.576. The van der Waals surface area contributed by atoms with Crippen LogP contribution in [0.5, 0.6) is 5.75 Å². The summed E-state index contributed by atoms with van der Waals surface area (Å²) >= 11 is 5.86. The highest BCUT2D eigenvalue weighted by Gasteiger charge is 2.59. The van der Waals surface area contributed by atoms with E-state index < -0.39 is 5.54 Å². The first-order valence-electron chi connectivity index (χ1n) is 11.1. The molecular weight excluding hydrogens is 408 g/mol. The summed E-state index contributed by atoms with van der Waals surface area (Å²) in [5.74, 6) is 0.925. The molecule has 1 saturated carbocycles. The van der Waals surface area contributed by atoms with Gasteiger partial charge in [0.15, 0.2) is 5.11 Å². The molecule has 0 atom stereocenters. The molecule has 1 amide bonds. The molecule has 1 N–H and O–H groups in total. The van der Waals surface area contributed by atoms with E-state index >= 15 is 0 Å². The third-order valence-electron chi connectivity index (χ3n) is 6.86. The number of rotatable bonds is 4. The Hall–Kier alpha value is -2.51. The molecular formula is C24H28N4O2S. The Balaban J connectivity index is 1.43. The smallest absolute Gasteiger partial charge is 0.259 e. The van der Waals surface area contributed by atoms with E-state index in [0.717, 1.165) is 73.6 Å². The Bertz CT molecular complexity index is 1010. The summed E-state index contributed by atoms with van der Waals surface area (Å²) in [4.78, 5) is 21.8. The molecule has 6 nitrogen and oxygen atoms in total. The van der Waals surface area contributed by atoms with Gasteiger partial charge in [-0.2, -0.15) is 0 Å². The van der Waals surface area contributed by atoms with Crippen LogP contribution < -0.4 is 19.9 Å². The van der Waals surface area contributed by atoms with Crippen molar-refractivity contribution >= 4 is 34.6 Å². The van der Waals surface area contributed by atoms with E-state index in [1.165, 1.54) is 0 Å². The van der Waals surface area contributed by atoms with Crippen LogP contribution in [0.4, 0.5) is 11.4 Å². The van der Waals surface area contributed by atoms with E-state index in [-0.39, 0.29) is 12.0 Å². The fourth-order valence-electron chi connectivity index (χ4n) is 4.74. The predicted molar refractivity (Wildman–Crippen MR) is 126 cm³/mol. The van der Waals surface area contributed by atoms with Crippen molar-refractivity contribution in [3.63, 3.8) is 0 Å². The third kappa shape index (κ3) is 3.40. The molecule has 3 fully saturated rings. The number of ether oxygens (including phenoxy) is 1. The molecule has 3 heterocycles. The number of piperidine rings is 1. The van der Waals surface area contributed by atoms with Crippen LogP contribution >= 0.6 is 12.2 Å². The van der Waals surface area contributed by atoms with E-state index in [1.807, 2.05) is 44.2 Å². The molecule has 2 saturated heterocycles. The van der Waals surface area contributed by atoms with Gasteiger partial charge in [-0.15, -0.1) is 0 Å². The summed E-state index contributed by atoms with van der Waals surface area (Å²) in [6.07, 6.45) is 6.71. The van der Waals surface area contributed by atoms with Crippen LogP contribution in [-0.2, 0) is 4.79 Å². The van der Waals surface area contributed by atoms with Gasteiger partial charge < -0.3 is 15.0 Å². The van der Waals surface area contributed by atoms with Crippen LogP contribution in [0, 0.1) is 13.8 Å². The summed E-state index contributed by atoms with van der Waals surface area (Å²) in [5, 5.41) is 3.89. The number of pyridine rings is 1. The molecule has 5 rings (SSSR count). The highest BCUT2D eigenvalue weighted by Crippen LogP contribution is 2.48. The molecule has 0 radical (unpaired) electrons. The number of hydrogen-bond acceptors (Lipinski definition) is 5. The van der Waals surface area contributed by atoms with Gasteiger partial charge in [0.2, 0.25) is 0 Å².